The molecular formula is C16H26N2O. The van der Waals surface area contributed by atoms with Crippen LogP contribution in [-0.4, -0.2) is 31.7 Å². The van der Waals surface area contributed by atoms with Crippen LogP contribution >= 0.6 is 0 Å². The first-order valence-corrected chi connectivity index (χ1v) is 7.24. The van der Waals surface area contributed by atoms with Crippen molar-refractivity contribution in [3.63, 3.8) is 0 Å². The van der Waals surface area contributed by atoms with Crippen LogP contribution in [0.1, 0.15) is 29.5 Å². The van der Waals surface area contributed by atoms with E-state index in [0.29, 0.717) is 12.5 Å². The van der Waals surface area contributed by atoms with Crippen molar-refractivity contribution in [2.24, 2.45) is 11.7 Å². The number of aryl methyl sites for hydroxylation is 1. The third kappa shape index (κ3) is 4.30. The van der Waals surface area contributed by atoms with Gasteiger partial charge in [-0.05, 0) is 49.4 Å². The molecule has 1 aromatic carbocycles. The molecule has 1 atom stereocenters. The number of hydrogen-bond donors (Lipinski definition) is 1. The van der Waals surface area contributed by atoms with Gasteiger partial charge in [0.25, 0.3) is 0 Å². The molecule has 3 nitrogen and oxygen atoms in total. The van der Waals surface area contributed by atoms with E-state index in [1.54, 1.807) is 0 Å². The summed E-state index contributed by atoms with van der Waals surface area (Å²) < 4.78 is 5.55. The molecule has 19 heavy (non-hydrogen) atoms. The quantitative estimate of drug-likeness (QED) is 0.885. The Morgan fingerprint density at radius 2 is 2.26 bits per heavy atom. The van der Waals surface area contributed by atoms with Crippen LogP contribution in [0.5, 0.6) is 0 Å². The molecule has 0 aliphatic carbocycles. The number of nitrogens with zero attached hydrogens (tertiary/aromatic N) is 1. The Labute approximate surface area is 116 Å². The summed E-state index contributed by atoms with van der Waals surface area (Å²) in [6, 6.07) is 6.55. The lowest BCUT2D eigenvalue weighted by Crippen LogP contribution is -2.30. The van der Waals surface area contributed by atoms with Crippen molar-refractivity contribution < 1.29 is 4.74 Å². The molecule has 3 heteroatoms. The highest BCUT2D eigenvalue weighted by molar-refractivity contribution is 5.30. The number of nitrogens with two attached hydrogens (primary N) is 1. The van der Waals surface area contributed by atoms with Gasteiger partial charge in [-0.25, -0.2) is 0 Å². The first-order valence-electron chi connectivity index (χ1n) is 7.24. The largest absolute Gasteiger partial charge is 0.381 e. The highest BCUT2D eigenvalue weighted by atomic mass is 16.5. The Hall–Kier alpha value is -0.900. The van der Waals surface area contributed by atoms with E-state index in [-0.39, 0.29) is 0 Å². The standard InChI is InChI=1S/C16H26N2O/c1-13-8-14(9-17)5-6-16(13)11-18(2)10-15-4-3-7-19-12-15/h5-6,8,15H,3-4,7,9-12,17H2,1-2H3. The van der Waals surface area contributed by atoms with Gasteiger partial charge in [0.2, 0.25) is 0 Å². The van der Waals surface area contributed by atoms with Crippen molar-refractivity contribution >= 4 is 0 Å². The maximum absolute atomic E-state index is 5.67. The fourth-order valence-corrected chi connectivity index (χ4v) is 2.81. The summed E-state index contributed by atoms with van der Waals surface area (Å²) in [5.74, 6) is 0.697. The highest BCUT2D eigenvalue weighted by Crippen LogP contribution is 2.17. The minimum absolute atomic E-state index is 0.621. The molecule has 106 valence electrons. The Kier molecular flexibility index (Phi) is 5.37. The van der Waals surface area contributed by atoms with Crippen LogP contribution in [0.3, 0.4) is 0 Å². The Bertz CT molecular complexity index is 400. The molecule has 2 N–H and O–H groups in total. The molecule has 1 unspecified atom stereocenters. The van der Waals surface area contributed by atoms with Crippen molar-refractivity contribution in [3.8, 4) is 0 Å². The second-order valence-corrected chi connectivity index (χ2v) is 5.74. The lowest BCUT2D eigenvalue weighted by Gasteiger charge is -2.27. The molecule has 1 heterocycles. The van der Waals surface area contributed by atoms with Crippen LogP contribution < -0.4 is 5.73 Å². The zero-order valence-electron chi connectivity index (χ0n) is 12.2. The Morgan fingerprint density at radius 1 is 1.42 bits per heavy atom. The Morgan fingerprint density at radius 3 is 2.89 bits per heavy atom. The fourth-order valence-electron chi connectivity index (χ4n) is 2.81. The lowest BCUT2D eigenvalue weighted by atomic mass is 10.0. The van der Waals surface area contributed by atoms with Gasteiger partial charge >= 0.3 is 0 Å². The first-order chi connectivity index (χ1) is 9.19. The van der Waals surface area contributed by atoms with Crippen molar-refractivity contribution in [3.05, 3.63) is 34.9 Å². The molecule has 1 fully saturated rings. The lowest BCUT2D eigenvalue weighted by molar-refractivity contribution is 0.0411. The maximum atomic E-state index is 5.67. The Balaban J connectivity index is 1.88. The van der Waals surface area contributed by atoms with Crippen LogP contribution in [0.15, 0.2) is 18.2 Å². The summed E-state index contributed by atoms with van der Waals surface area (Å²) in [6.45, 7) is 6.79. The summed E-state index contributed by atoms with van der Waals surface area (Å²) in [5.41, 5.74) is 9.62. The topological polar surface area (TPSA) is 38.5 Å². The third-order valence-electron chi connectivity index (χ3n) is 3.91. The monoisotopic (exact) mass is 262 g/mol. The molecule has 1 aromatic rings. The summed E-state index contributed by atoms with van der Waals surface area (Å²) in [7, 11) is 2.20. The van der Waals surface area contributed by atoms with E-state index >= 15 is 0 Å². The second kappa shape index (κ2) is 7.04. The van der Waals surface area contributed by atoms with Crippen molar-refractivity contribution in [2.45, 2.75) is 32.9 Å². The molecule has 1 aliphatic heterocycles. The molecule has 0 aromatic heterocycles. The zero-order chi connectivity index (χ0) is 13.7. The van der Waals surface area contributed by atoms with Crippen LogP contribution in [0.25, 0.3) is 0 Å². The fraction of sp³-hybridized carbons (Fsp3) is 0.625. The highest BCUT2D eigenvalue weighted by Gasteiger charge is 2.16. The minimum Gasteiger partial charge on any atom is -0.381 e. The molecule has 1 aliphatic rings. The number of ether oxygens (including phenoxy) is 1. The van der Waals surface area contributed by atoms with E-state index in [1.165, 1.54) is 29.5 Å². The zero-order valence-corrected chi connectivity index (χ0v) is 12.2. The van der Waals surface area contributed by atoms with Crippen molar-refractivity contribution in [1.29, 1.82) is 0 Å². The summed E-state index contributed by atoms with van der Waals surface area (Å²) >= 11 is 0. The SMILES string of the molecule is Cc1cc(CN)ccc1CN(C)CC1CCCOC1. The van der Waals surface area contributed by atoms with Crippen LogP contribution in [0.2, 0.25) is 0 Å². The molecule has 0 spiro atoms. The van der Waals surface area contributed by atoms with Gasteiger partial charge in [-0.3, -0.25) is 0 Å². The van der Waals surface area contributed by atoms with E-state index < -0.39 is 0 Å². The predicted molar refractivity (Wildman–Crippen MR) is 78.9 cm³/mol. The van der Waals surface area contributed by atoms with Gasteiger partial charge < -0.3 is 15.4 Å². The summed E-state index contributed by atoms with van der Waals surface area (Å²) in [5, 5.41) is 0. The van der Waals surface area contributed by atoms with Crippen LogP contribution in [0.4, 0.5) is 0 Å². The molecular weight excluding hydrogens is 236 g/mol. The van der Waals surface area contributed by atoms with E-state index in [4.69, 9.17) is 10.5 Å². The number of hydrogen-bond acceptors (Lipinski definition) is 3. The molecule has 0 bridgehead atoms. The van der Waals surface area contributed by atoms with Gasteiger partial charge in [-0.15, -0.1) is 0 Å². The average molecular weight is 262 g/mol. The van der Waals surface area contributed by atoms with Crippen molar-refractivity contribution in [2.75, 3.05) is 26.8 Å². The smallest absolute Gasteiger partial charge is 0.0506 e. The van der Waals surface area contributed by atoms with Gasteiger partial charge in [-0.2, -0.15) is 0 Å². The maximum Gasteiger partial charge on any atom is 0.0506 e. The van der Waals surface area contributed by atoms with Crippen LogP contribution in [-0.2, 0) is 17.8 Å². The predicted octanol–water partition coefficient (Wildman–Crippen LogP) is 2.31. The number of rotatable bonds is 5. The second-order valence-electron chi connectivity index (χ2n) is 5.74. The molecule has 0 saturated carbocycles. The van der Waals surface area contributed by atoms with Crippen LogP contribution in [0, 0.1) is 12.8 Å². The molecule has 2 rings (SSSR count). The van der Waals surface area contributed by atoms with E-state index in [9.17, 15) is 0 Å². The summed E-state index contributed by atoms with van der Waals surface area (Å²) in [4.78, 5) is 2.41. The van der Waals surface area contributed by atoms with E-state index in [1.807, 2.05) is 0 Å². The minimum atomic E-state index is 0.621. The third-order valence-corrected chi connectivity index (χ3v) is 3.91. The van der Waals surface area contributed by atoms with E-state index in [0.717, 1.165) is 26.3 Å². The molecule has 1 saturated heterocycles. The normalized spacial score (nSPS) is 19.9. The van der Waals surface area contributed by atoms with Gasteiger partial charge in [0.05, 0.1) is 6.61 Å². The first kappa shape index (κ1) is 14.5. The van der Waals surface area contributed by atoms with Gasteiger partial charge in [-0.1, -0.05) is 18.2 Å². The summed E-state index contributed by atoms with van der Waals surface area (Å²) in [6.07, 6.45) is 2.51. The van der Waals surface area contributed by atoms with Gasteiger partial charge in [0, 0.05) is 26.2 Å². The average Bonchev–Trinajstić information content (AvgIpc) is 2.42. The number of benzene rings is 1. The molecule has 0 radical (unpaired) electrons. The molecule has 0 amide bonds. The van der Waals surface area contributed by atoms with Crippen molar-refractivity contribution in [1.82, 2.24) is 4.90 Å². The van der Waals surface area contributed by atoms with E-state index in [2.05, 4.69) is 37.1 Å². The van der Waals surface area contributed by atoms with Gasteiger partial charge in [0.1, 0.15) is 0 Å². The van der Waals surface area contributed by atoms with Gasteiger partial charge in [0.15, 0.2) is 0 Å².